The van der Waals surface area contributed by atoms with E-state index >= 15 is 0 Å². The molecule has 0 aliphatic carbocycles. The van der Waals surface area contributed by atoms with Gasteiger partial charge in [-0.15, -0.1) is 0 Å². The summed E-state index contributed by atoms with van der Waals surface area (Å²) >= 11 is 0. The van der Waals surface area contributed by atoms with Gasteiger partial charge in [-0.05, 0) is 43.3 Å². The number of benzene rings is 1. The SMILES string of the molecule is CC(=O)Nc1ccc(OS(=O)(=O)c2ccc(C)cc2)c(=O)cc1. The molecule has 0 saturated heterocycles. The Morgan fingerprint density at radius 3 is 2.22 bits per heavy atom. The first-order valence-electron chi connectivity index (χ1n) is 6.71. The highest BCUT2D eigenvalue weighted by molar-refractivity contribution is 7.87. The molecule has 0 aliphatic rings. The first-order chi connectivity index (χ1) is 10.8. The van der Waals surface area contributed by atoms with Crippen LogP contribution in [0.3, 0.4) is 0 Å². The third-order valence-corrected chi connectivity index (χ3v) is 4.15. The Labute approximate surface area is 133 Å². The maximum Gasteiger partial charge on any atom is 0.339 e. The molecular weight excluding hydrogens is 318 g/mol. The summed E-state index contributed by atoms with van der Waals surface area (Å²) in [4.78, 5) is 22.9. The molecule has 0 aromatic heterocycles. The molecule has 2 rings (SSSR count). The minimum Gasteiger partial charge on any atom is -0.375 e. The van der Waals surface area contributed by atoms with Gasteiger partial charge in [0.25, 0.3) is 0 Å². The fourth-order valence-corrected chi connectivity index (χ4v) is 2.72. The fourth-order valence-electron chi connectivity index (χ4n) is 1.78. The molecule has 7 heteroatoms. The second kappa shape index (κ2) is 6.62. The maximum atomic E-state index is 12.2. The Kier molecular flexibility index (Phi) is 4.80. The fraction of sp³-hybridized carbons (Fsp3) is 0.125. The smallest absolute Gasteiger partial charge is 0.339 e. The summed E-state index contributed by atoms with van der Waals surface area (Å²) in [7, 11) is -4.11. The second-order valence-electron chi connectivity index (χ2n) is 4.88. The van der Waals surface area contributed by atoms with Crippen molar-refractivity contribution in [3.05, 3.63) is 64.3 Å². The van der Waals surface area contributed by atoms with Crippen LogP contribution in [0.15, 0.2) is 58.2 Å². The molecule has 120 valence electrons. The summed E-state index contributed by atoms with van der Waals surface area (Å²) in [6.45, 7) is 3.15. The van der Waals surface area contributed by atoms with E-state index in [0.717, 1.165) is 11.6 Å². The summed E-state index contributed by atoms with van der Waals surface area (Å²) in [5.41, 5.74) is 0.647. The number of carbonyl (C=O) groups is 1. The molecule has 23 heavy (non-hydrogen) atoms. The van der Waals surface area contributed by atoms with E-state index in [1.807, 2.05) is 6.92 Å². The molecule has 6 nitrogen and oxygen atoms in total. The molecule has 2 aromatic carbocycles. The molecule has 0 saturated carbocycles. The maximum absolute atomic E-state index is 12.2. The van der Waals surface area contributed by atoms with Crippen LogP contribution >= 0.6 is 0 Å². The number of hydrogen-bond donors (Lipinski definition) is 1. The lowest BCUT2D eigenvalue weighted by molar-refractivity contribution is -0.114. The topological polar surface area (TPSA) is 89.5 Å². The molecule has 1 N–H and O–H groups in total. The van der Waals surface area contributed by atoms with Crippen molar-refractivity contribution in [3.63, 3.8) is 0 Å². The van der Waals surface area contributed by atoms with Gasteiger partial charge in [-0.2, -0.15) is 8.42 Å². The lowest BCUT2D eigenvalue weighted by Crippen LogP contribution is -2.14. The number of amides is 1. The van der Waals surface area contributed by atoms with Gasteiger partial charge < -0.3 is 9.50 Å². The van der Waals surface area contributed by atoms with Gasteiger partial charge >= 0.3 is 10.1 Å². The summed E-state index contributed by atoms with van der Waals surface area (Å²) in [6, 6.07) is 11.2. The molecule has 0 unspecified atom stereocenters. The van der Waals surface area contributed by atoms with Gasteiger partial charge in [-0.1, -0.05) is 17.7 Å². The van der Waals surface area contributed by atoms with E-state index in [9.17, 15) is 18.0 Å². The van der Waals surface area contributed by atoms with E-state index < -0.39 is 15.5 Å². The highest BCUT2D eigenvalue weighted by Crippen LogP contribution is 2.17. The van der Waals surface area contributed by atoms with Crippen LogP contribution in [0.1, 0.15) is 12.5 Å². The molecule has 0 aliphatic heterocycles. The van der Waals surface area contributed by atoms with Crippen molar-refractivity contribution in [2.75, 3.05) is 5.32 Å². The molecule has 1 amide bonds. The second-order valence-corrected chi connectivity index (χ2v) is 6.43. The van der Waals surface area contributed by atoms with Crippen molar-refractivity contribution >= 4 is 21.7 Å². The zero-order valence-electron chi connectivity index (χ0n) is 12.6. The van der Waals surface area contributed by atoms with E-state index in [-0.39, 0.29) is 16.6 Å². The number of anilines is 1. The minimum atomic E-state index is -4.11. The van der Waals surface area contributed by atoms with Gasteiger partial charge in [-0.3, -0.25) is 9.59 Å². The first-order valence-corrected chi connectivity index (χ1v) is 8.12. The predicted molar refractivity (Wildman–Crippen MR) is 86.0 cm³/mol. The summed E-state index contributed by atoms with van der Waals surface area (Å²) < 4.78 is 29.3. The summed E-state index contributed by atoms with van der Waals surface area (Å²) in [6.07, 6.45) is 0. The zero-order valence-corrected chi connectivity index (χ0v) is 13.4. The number of aryl methyl sites for hydroxylation is 1. The average Bonchev–Trinajstić information content (AvgIpc) is 2.63. The number of rotatable bonds is 4. The number of hydrogen-bond acceptors (Lipinski definition) is 5. The summed E-state index contributed by atoms with van der Waals surface area (Å²) in [5.74, 6) is -0.652. The van der Waals surface area contributed by atoms with Gasteiger partial charge in [0.2, 0.25) is 11.3 Å². The van der Waals surface area contributed by atoms with E-state index in [1.54, 1.807) is 12.1 Å². The van der Waals surface area contributed by atoms with Gasteiger partial charge in [-0.25, -0.2) is 0 Å². The van der Waals surface area contributed by atoms with Crippen molar-refractivity contribution in [2.24, 2.45) is 0 Å². The Balaban J connectivity index is 2.35. The van der Waals surface area contributed by atoms with Gasteiger partial charge in [0.1, 0.15) is 4.90 Å². The number of carbonyl (C=O) groups excluding carboxylic acids is 1. The minimum absolute atomic E-state index is 0.0453. The average molecular weight is 333 g/mol. The summed E-state index contributed by atoms with van der Waals surface area (Å²) in [5, 5.41) is 2.50. The Bertz CT molecular complexity index is 889. The quantitative estimate of drug-likeness (QED) is 0.865. The highest BCUT2D eigenvalue weighted by Gasteiger charge is 2.17. The van der Waals surface area contributed by atoms with Crippen LogP contribution in [0.25, 0.3) is 0 Å². The van der Waals surface area contributed by atoms with Crippen molar-refractivity contribution < 1.29 is 17.4 Å². The lowest BCUT2D eigenvalue weighted by Gasteiger charge is -2.05. The first kappa shape index (κ1) is 16.7. The third kappa shape index (κ3) is 4.40. The van der Waals surface area contributed by atoms with Crippen LogP contribution in [-0.4, -0.2) is 14.3 Å². The molecule has 0 spiro atoms. The monoisotopic (exact) mass is 333 g/mol. The van der Waals surface area contributed by atoms with E-state index in [1.165, 1.54) is 37.3 Å². The van der Waals surface area contributed by atoms with Crippen LogP contribution in [-0.2, 0) is 14.9 Å². The molecule has 0 radical (unpaired) electrons. The standard InChI is InChI=1S/C16H15NO5S/c1-11-3-7-14(8-4-11)23(20,21)22-16-10-6-13(17-12(2)18)5-9-15(16)19/h3-10H,1-2H3,(H,17,18). The van der Waals surface area contributed by atoms with Crippen LogP contribution in [0.4, 0.5) is 5.69 Å². The van der Waals surface area contributed by atoms with Gasteiger partial charge in [0, 0.05) is 12.6 Å². The Morgan fingerprint density at radius 2 is 1.61 bits per heavy atom. The third-order valence-electron chi connectivity index (χ3n) is 2.90. The molecule has 2 aromatic rings. The van der Waals surface area contributed by atoms with Gasteiger partial charge in [0.15, 0.2) is 5.75 Å². The molecular formula is C16H15NO5S. The van der Waals surface area contributed by atoms with Gasteiger partial charge in [0.05, 0.1) is 0 Å². The van der Waals surface area contributed by atoms with Crippen LogP contribution in [0, 0.1) is 6.92 Å². The Morgan fingerprint density at radius 1 is 1.00 bits per heavy atom. The van der Waals surface area contributed by atoms with E-state index in [4.69, 9.17) is 4.18 Å². The van der Waals surface area contributed by atoms with Crippen molar-refractivity contribution in [3.8, 4) is 5.75 Å². The lowest BCUT2D eigenvalue weighted by atomic mass is 10.2. The molecule has 0 atom stereocenters. The van der Waals surface area contributed by atoms with Crippen LogP contribution < -0.4 is 14.9 Å². The Hall–Kier alpha value is -2.67. The van der Waals surface area contributed by atoms with Crippen molar-refractivity contribution in [2.45, 2.75) is 18.7 Å². The number of nitrogens with one attached hydrogen (secondary N) is 1. The predicted octanol–water partition coefficient (Wildman–Crippen LogP) is 2.08. The molecule has 0 bridgehead atoms. The van der Waals surface area contributed by atoms with Crippen molar-refractivity contribution in [1.82, 2.24) is 0 Å². The molecule has 0 heterocycles. The van der Waals surface area contributed by atoms with Crippen LogP contribution in [0.2, 0.25) is 0 Å². The highest BCUT2D eigenvalue weighted by atomic mass is 32.2. The van der Waals surface area contributed by atoms with E-state index in [2.05, 4.69) is 5.32 Å². The largest absolute Gasteiger partial charge is 0.375 e. The van der Waals surface area contributed by atoms with Crippen LogP contribution in [0.5, 0.6) is 5.75 Å². The zero-order chi connectivity index (χ0) is 17.0. The van der Waals surface area contributed by atoms with E-state index in [0.29, 0.717) is 5.69 Å². The normalized spacial score (nSPS) is 10.9. The van der Waals surface area contributed by atoms with Crippen molar-refractivity contribution in [1.29, 1.82) is 0 Å². The molecule has 0 fully saturated rings.